The van der Waals surface area contributed by atoms with Crippen molar-refractivity contribution in [2.75, 3.05) is 6.54 Å². The van der Waals surface area contributed by atoms with Crippen molar-refractivity contribution >= 4 is 35.1 Å². The molecule has 5 nitrogen and oxygen atoms in total. The van der Waals surface area contributed by atoms with Crippen molar-refractivity contribution in [3.05, 3.63) is 11.3 Å². The summed E-state index contributed by atoms with van der Waals surface area (Å²) in [7, 11) is 0. The number of aliphatic hydroxyl groups is 1. The van der Waals surface area contributed by atoms with Crippen molar-refractivity contribution in [3.8, 4) is 0 Å². The zero-order valence-corrected chi connectivity index (χ0v) is 9.89. The van der Waals surface area contributed by atoms with Gasteiger partial charge in [-0.1, -0.05) is 12.2 Å². The number of allylic oxidation sites excluding steroid dienone is 1. The summed E-state index contributed by atoms with van der Waals surface area (Å²) in [5.41, 5.74) is -0.517. The first-order valence-electron chi connectivity index (χ1n) is 4.58. The van der Waals surface area contributed by atoms with Gasteiger partial charge in [0.1, 0.15) is 5.57 Å². The Morgan fingerprint density at radius 1 is 1.25 bits per heavy atom. The molecular formula is C10H13NO4S. The number of ketones is 2. The van der Waals surface area contributed by atoms with Gasteiger partial charge in [0.25, 0.3) is 5.91 Å². The zero-order valence-electron chi connectivity index (χ0n) is 9.07. The van der Waals surface area contributed by atoms with Crippen LogP contribution in [0.3, 0.4) is 0 Å². The topological polar surface area (TPSA) is 83.5 Å². The van der Waals surface area contributed by atoms with E-state index >= 15 is 0 Å². The third-order valence-electron chi connectivity index (χ3n) is 1.70. The van der Waals surface area contributed by atoms with E-state index in [2.05, 4.69) is 17.5 Å². The summed E-state index contributed by atoms with van der Waals surface area (Å²) >= 11 is 4.56. The van der Waals surface area contributed by atoms with Crippen LogP contribution in [-0.4, -0.2) is 34.5 Å². The van der Waals surface area contributed by atoms with Crippen LogP contribution >= 0.6 is 12.2 Å². The van der Waals surface area contributed by atoms with Gasteiger partial charge in [0.15, 0.2) is 17.3 Å². The lowest BCUT2D eigenvalue weighted by atomic mass is 10.1. The number of amides is 1. The predicted octanol–water partition coefficient (Wildman–Crippen LogP) is 0.483. The fraction of sp³-hybridized carbons (Fsp3) is 0.400. The van der Waals surface area contributed by atoms with Crippen LogP contribution in [0.5, 0.6) is 0 Å². The molecule has 0 aliphatic heterocycles. The Balaban J connectivity index is 4.88. The number of carbonyl (C=O) groups excluding carboxylic acids is 3. The first-order chi connectivity index (χ1) is 7.41. The quantitative estimate of drug-likeness (QED) is 0.177. The molecular weight excluding hydrogens is 230 g/mol. The number of Topliss-reactive ketones (excluding diaryl/α,β-unsaturated/α-hetero) is 2. The number of hydrogen-bond donors (Lipinski definition) is 2. The third-order valence-corrected chi connectivity index (χ3v) is 1.93. The molecule has 0 aliphatic rings. The molecule has 0 heterocycles. The smallest absolute Gasteiger partial charge is 0.258 e. The van der Waals surface area contributed by atoms with Crippen molar-refractivity contribution in [2.45, 2.75) is 20.3 Å². The standard InChI is InChI=1S/C10H13NO4S/c1-6(12)8(9(14)7(2)13)10(15)11-4-3-5-16/h5,14H,3-4H2,1-2H3,(H,11,15)/b9-8+. The maximum atomic E-state index is 11.5. The highest BCUT2D eigenvalue weighted by atomic mass is 32.1. The molecule has 0 saturated heterocycles. The monoisotopic (exact) mass is 243 g/mol. The molecule has 0 rings (SSSR count). The molecule has 0 saturated carbocycles. The van der Waals surface area contributed by atoms with E-state index in [1.165, 1.54) is 5.37 Å². The van der Waals surface area contributed by atoms with E-state index in [4.69, 9.17) is 0 Å². The number of rotatable bonds is 6. The molecule has 1 amide bonds. The van der Waals surface area contributed by atoms with Crippen LogP contribution in [0.25, 0.3) is 0 Å². The van der Waals surface area contributed by atoms with Gasteiger partial charge in [0.2, 0.25) is 0 Å². The normalized spacial score (nSPS) is 11.4. The Morgan fingerprint density at radius 2 is 1.81 bits per heavy atom. The molecule has 6 heteroatoms. The van der Waals surface area contributed by atoms with Crippen LogP contribution in [0.15, 0.2) is 11.3 Å². The largest absolute Gasteiger partial charge is 0.504 e. The average molecular weight is 243 g/mol. The van der Waals surface area contributed by atoms with Crippen LogP contribution < -0.4 is 5.32 Å². The first kappa shape index (κ1) is 14.4. The zero-order chi connectivity index (χ0) is 12.7. The molecule has 0 atom stereocenters. The Morgan fingerprint density at radius 3 is 2.19 bits per heavy atom. The van der Waals surface area contributed by atoms with Crippen LogP contribution in [0.2, 0.25) is 0 Å². The second-order valence-electron chi connectivity index (χ2n) is 3.05. The van der Waals surface area contributed by atoms with Crippen LogP contribution in [0, 0.1) is 0 Å². The first-order valence-corrected chi connectivity index (χ1v) is 5.05. The van der Waals surface area contributed by atoms with Gasteiger partial charge in [-0.05, 0) is 18.7 Å². The number of aliphatic hydroxyl groups excluding tert-OH is 1. The Hall–Kier alpha value is -1.56. The lowest BCUT2D eigenvalue weighted by Crippen LogP contribution is -2.30. The molecule has 0 bridgehead atoms. The van der Waals surface area contributed by atoms with Crippen LogP contribution in [0.4, 0.5) is 0 Å². The van der Waals surface area contributed by atoms with E-state index in [0.29, 0.717) is 6.42 Å². The number of nitrogens with one attached hydrogen (secondary N) is 1. The van der Waals surface area contributed by atoms with Gasteiger partial charge < -0.3 is 10.4 Å². The minimum absolute atomic E-state index is 0.254. The number of carbonyl (C=O) groups is 3. The summed E-state index contributed by atoms with van der Waals surface area (Å²) in [5.74, 6) is -2.97. The van der Waals surface area contributed by atoms with Gasteiger partial charge in [-0.15, -0.1) is 0 Å². The molecule has 0 aromatic carbocycles. The molecule has 2 N–H and O–H groups in total. The van der Waals surface area contributed by atoms with Crippen molar-refractivity contribution < 1.29 is 19.5 Å². The molecule has 0 aliphatic carbocycles. The molecule has 0 aromatic rings. The number of hydrogen-bond acceptors (Lipinski definition) is 5. The fourth-order valence-electron chi connectivity index (χ4n) is 0.943. The molecule has 16 heavy (non-hydrogen) atoms. The third kappa shape index (κ3) is 4.31. The number of thiocarbonyl (C=S) groups is 1. The summed E-state index contributed by atoms with van der Waals surface area (Å²) in [6, 6.07) is 0. The predicted molar refractivity (Wildman–Crippen MR) is 62.3 cm³/mol. The van der Waals surface area contributed by atoms with E-state index in [-0.39, 0.29) is 6.54 Å². The Bertz CT molecular complexity index is 360. The van der Waals surface area contributed by atoms with E-state index in [0.717, 1.165) is 13.8 Å². The lowest BCUT2D eigenvalue weighted by Gasteiger charge is -2.06. The van der Waals surface area contributed by atoms with Crippen LogP contribution in [0.1, 0.15) is 20.3 Å². The molecule has 0 aromatic heterocycles. The van der Waals surface area contributed by atoms with Gasteiger partial charge in [-0.3, -0.25) is 14.4 Å². The molecule has 88 valence electrons. The Labute approximate surface area is 98.5 Å². The van der Waals surface area contributed by atoms with Crippen molar-refractivity contribution in [2.24, 2.45) is 0 Å². The summed E-state index contributed by atoms with van der Waals surface area (Å²) < 4.78 is 0. The van der Waals surface area contributed by atoms with Gasteiger partial charge in [-0.2, -0.15) is 0 Å². The van der Waals surface area contributed by atoms with E-state index < -0.39 is 28.8 Å². The maximum absolute atomic E-state index is 11.5. The summed E-state index contributed by atoms with van der Waals surface area (Å²) in [6.45, 7) is 2.43. The van der Waals surface area contributed by atoms with Crippen molar-refractivity contribution in [1.82, 2.24) is 5.32 Å². The van der Waals surface area contributed by atoms with E-state index in [1.54, 1.807) is 0 Å². The minimum Gasteiger partial charge on any atom is -0.504 e. The minimum atomic E-state index is -0.813. The fourth-order valence-corrected chi connectivity index (χ4v) is 1.06. The molecule has 0 unspecified atom stereocenters. The van der Waals surface area contributed by atoms with Gasteiger partial charge >= 0.3 is 0 Å². The second-order valence-corrected chi connectivity index (χ2v) is 3.38. The van der Waals surface area contributed by atoms with Gasteiger partial charge in [0.05, 0.1) is 0 Å². The van der Waals surface area contributed by atoms with E-state index in [9.17, 15) is 19.5 Å². The summed E-state index contributed by atoms with van der Waals surface area (Å²) in [5, 5.41) is 13.1. The highest BCUT2D eigenvalue weighted by Crippen LogP contribution is 2.04. The SMILES string of the molecule is CC(=O)/C(O)=C(/C(C)=O)C(=O)NCCC=S. The van der Waals surface area contributed by atoms with Crippen molar-refractivity contribution in [1.29, 1.82) is 0 Å². The van der Waals surface area contributed by atoms with Gasteiger partial charge in [-0.25, -0.2) is 0 Å². The molecule has 0 fully saturated rings. The van der Waals surface area contributed by atoms with Gasteiger partial charge in [0, 0.05) is 13.5 Å². The van der Waals surface area contributed by atoms with Crippen molar-refractivity contribution in [3.63, 3.8) is 0 Å². The van der Waals surface area contributed by atoms with E-state index in [1.807, 2.05) is 0 Å². The average Bonchev–Trinajstić information content (AvgIpc) is 2.17. The second kappa shape index (κ2) is 6.84. The Kier molecular flexibility index (Phi) is 6.17. The maximum Gasteiger partial charge on any atom is 0.258 e. The van der Waals surface area contributed by atoms with Crippen LogP contribution in [-0.2, 0) is 14.4 Å². The molecule has 0 radical (unpaired) electrons. The lowest BCUT2D eigenvalue weighted by molar-refractivity contribution is -0.124. The highest BCUT2D eigenvalue weighted by Gasteiger charge is 2.21. The molecule has 0 spiro atoms. The summed E-state index contributed by atoms with van der Waals surface area (Å²) in [6.07, 6.45) is 0.465. The summed E-state index contributed by atoms with van der Waals surface area (Å²) in [4.78, 5) is 33.4. The highest BCUT2D eigenvalue weighted by molar-refractivity contribution is 7.78.